The Morgan fingerprint density at radius 2 is 2.15 bits per heavy atom. The van der Waals surface area contributed by atoms with Crippen LogP contribution in [0.2, 0.25) is 0 Å². The molecule has 0 aromatic carbocycles. The Kier molecular flexibility index (Phi) is 3.31. The summed E-state index contributed by atoms with van der Waals surface area (Å²) in [6.45, 7) is 5.25. The van der Waals surface area contributed by atoms with Crippen molar-refractivity contribution in [2.45, 2.75) is 45.1 Å². The van der Waals surface area contributed by atoms with Crippen LogP contribution in [0.4, 0.5) is 0 Å². The second kappa shape index (κ2) is 4.09. The van der Waals surface area contributed by atoms with Crippen molar-refractivity contribution in [1.29, 1.82) is 0 Å². The van der Waals surface area contributed by atoms with Crippen molar-refractivity contribution in [1.82, 2.24) is 4.90 Å². The molecular formula is C10H19NO2. The van der Waals surface area contributed by atoms with Gasteiger partial charge in [0.25, 0.3) is 0 Å². The fourth-order valence-corrected chi connectivity index (χ4v) is 1.74. The van der Waals surface area contributed by atoms with Crippen LogP contribution in [-0.4, -0.2) is 34.6 Å². The van der Waals surface area contributed by atoms with Gasteiger partial charge in [-0.05, 0) is 26.2 Å². The first-order valence-corrected chi connectivity index (χ1v) is 5.05. The number of rotatable bonds is 1. The summed E-state index contributed by atoms with van der Waals surface area (Å²) in [5.74, 6) is 0.206. The lowest BCUT2D eigenvalue weighted by Gasteiger charge is -2.22. The van der Waals surface area contributed by atoms with Crippen LogP contribution in [0, 0.1) is 0 Å². The summed E-state index contributed by atoms with van der Waals surface area (Å²) in [4.78, 5) is 13.2. The fraction of sp³-hybridized carbons (Fsp3) is 0.900. The highest BCUT2D eigenvalue weighted by molar-refractivity contribution is 5.75. The molecule has 3 heteroatoms. The highest BCUT2D eigenvalue weighted by atomic mass is 16.3. The maximum Gasteiger partial charge on any atom is 0.222 e. The molecule has 1 amide bonds. The molecule has 1 saturated heterocycles. The fourth-order valence-electron chi connectivity index (χ4n) is 1.74. The number of hydrogen-bond donors (Lipinski definition) is 1. The van der Waals surface area contributed by atoms with E-state index in [9.17, 15) is 9.90 Å². The molecule has 1 fully saturated rings. The van der Waals surface area contributed by atoms with Crippen molar-refractivity contribution < 1.29 is 9.90 Å². The van der Waals surface area contributed by atoms with Crippen molar-refractivity contribution in [3.8, 4) is 0 Å². The van der Waals surface area contributed by atoms with Gasteiger partial charge < -0.3 is 10.0 Å². The van der Waals surface area contributed by atoms with E-state index in [1.165, 1.54) is 0 Å². The molecule has 13 heavy (non-hydrogen) atoms. The molecule has 0 aromatic rings. The van der Waals surface area contributed by atoms with Crippen molar-refractivity contribution >= 4 is 5.91 Å². The minimum Gasteiger partial charge on any atom is -0.390 e. The zero-order valence-electron chi connectivity index (χ0n) is 8.55. The summed E-state index contributed by atoms with van der Waals surface area (Å²) in [6.07, 6.45) is 3.00. The van der Waals surface area contributed by atoms with Gasteiger partial charge in [-0.1, -0.05) is 6.92 Å². The first kappa shape index (κ1) is 10.5. The zero-order chi connectivity index (χ0) is 9.90. The Balaban J connectivity index is 2.49. The second-order valence-electron chi connectivity index (χ2n) is 4.08. The van der Waals surface area contributed by atoms with Gasteiger partial charge >= 0.3 is 0 Å². The Bertz CT molecular complexity index is 189. The number of aliphatic hydroxyl groups is 1. The number of carbonyl (C=O) groups excluding carboxylic acids is 1. The third kappa shape index (κ3) is 2.99. The summed E-state index contributed by atoms with van der Waals surface area (Å²) in [6, 6.07) is 0. The summed E-state index contributed by atoms with van der Waals surface area (Å²) in [5.41, 5.74) is -0.567. The molecule has 0 saturated carbocycles. The van der Waals surface area contributed by atoms with Gasteiger partial charge in [0.15, 0.2) is 0 Å². The average molecular weight is 185 g/mol. The van der Waals surface area contributed by atoms with Crippen LogP contribution < -0.4 is 0 Å². The molecule has 1 atom stereocenters. The van der Waals surface area contributed by atoms with Crippen molar-refractivity contribution in [3.05, 3.63) is 0 Å². The maximum atomic E-state index is 11.4. The van der Waals surface area contributed by atoms with Crippen LogP contribution in [0.15, 0.2) is 0 Å². The molecule has 1 rings (SSSR count). The smallest absolute Gasteiger partial charge is 0.222 e. The van der Waals surface area contributed by atoms with E-state index >= 15 is 0 Å². The van der Waals surface area contributed by atoms with E-state index in [0.717, 1.165) is 19.4 Å². The largest absolute Gasteiger partial charge is 0.390 e. The van der Waals surface area contributed by atoms with Crippen molar-refractivity contribution in [3.63, 3.8) is 0 Å². The molecule has 0 aromatic heterocycles. The molecule has 0 aliphatic carbocycles. The first-order valence-electron chi connectivity index (χ1n) is 5.05. The Morgan fingerprint density at radius 3 is 2.77 bits per heavy atom. The Hall–Kier alpha value is -0.570. The van der Waals surface area contributed by atoms with Crippen LogP contribution >= 0.6 is 0 Å². The Morgan fingerprint density at radius 1 is 1.46 bits per heavy atom. The SMILES string of the molecule is CCC(=O)N1CCCC(C)(O)CC1. The van der Waals surface area contributed by atoms with Gasteiger partial charge in [0.1, 0.15) is 0 Å². The van der Waals surface area contributed by atoms with E-state index in [2.05, 4.69) is 0 Å². The highest BCUT2D eigenvalue weighted by Gasteiger charge is 2.26. The molecule has 1 unspecified atom stereocenters. The average Bonchev–Trinajstić information content (AvgIpc) is 2.25. The molecule has 0 spiro atoms. The quantitative estimate of drug-likeness (QED) is 0.666. The Labute approximate surface area is 79.7 Å². The molecule has 3 nitrogen and oxygen atoms in total. The monoisotopic (exact) mass is 185 g/mol. The number of nitrogens with zero attached hydrogens (tertiary/aromatic N) is 1. The number of likely N-dealkylation sites (tertiary alicyclic amines) is 1. The van der Waals surface area contributed by atoms with E-state index in [4.69, 9.17) is 0 Å². The van der Waals surface area contributed by atoms with E-state index < -0.39 is 5.60 Å². The molecule has 1 N–H and O–H groups in total. The molecule has 76 valence electrons. The number of carbonyl (C=O) groups is 1. The van der Waals surface area contributed by atoms with E-state index in [0.29, 0.717) is 19.4 Å². The first-order chi connectivity index (χ1) is 6.05. The predicted molar refractivity (Wildman–Crippen MR) is 51.3 cm³/mol. The standard InChI is InChI=1S/C10H19NO2/c1-3-9(12)11-7-4-5-10(2,13)6-8-11/h13H,3-8H2,1-2H3. The molecular weight excluding hydrogens is 166 g/mol. The van der Waals surface area contributed by atoms with Crippen molar-refractivity contribution in [2.24, 2.45) is 0 Å². The highest BCUT2D eigenvalue weighted by Crippen LogP contribution is 2.21. The minimum absolute atomic E-state index is 0.206. The summed E-state index contributed by atoms with van der Waals surface area (Å²) in [7, 11) is 0. The van der Waals surface area contributed by atoms with Gasteiger partial charge in [-0.15, -0.1) is 0 Å². The van der Waals surface area contributed by atoms with Gasteiger partial charge in [-0.3, -0.25) is 4.79 Å². The number of hydrogen-bond acceptors (Lipinski definition) is 2. The van der Waals surface area contributed by atoms with Gasteiger partial charge in [0, 0.05) is 19.5 Å². The lowest BCUT2D eigenvalue weighted by molar-refractivity contribution is -0.130. The number of amides is 1. The molecule has 0 radical (unpaired) electrons. The molecule has 0 bridgehead atoms. The van der Waals surface area contributed by atoms with E-state index in [-0.39, 0.29) is 5.91 Å². The van der Waals surface area contributed by atoms with Gasteiger partial charge in [-0.2, -0.15) is 0 Å². The van der Waals surface area contributed by atoms with Crippen LogP contribution in [0.1, 0.15) is 39.5 Å². The molecule has 1 heterocycles. The van der Waals surface area contributed by atoms with Crippen molar-refractivity contribution in [2.75, 3.05) is 13.1 Å². The third-order valence-corrected chi connectivity index (χ3v) is 2.72. The summed E-state index contributed by atoms with van der Waals surface area (Å²) >= 11 is 0. The second-order valence-corrected chi connectivity index (χ2v) is 4.08. The van der Waals surface area contributed by atoms with E-state index in [1.807, 2.05) is 18.7 Å². The van der Waals surface area contributed by atoms with Gasteiger partial charge in [0.2, 0.25) is 5.91 Å². The normalized spacial score (nSPS) is 29.9. The van der Waals surface area contributed by atoms with Crippen LogP contribution in [0.5, 0.6) is 0 Å². The van der Waals surface area contributed by atoms with Crippen LogP contribution in [0.25, 0.3) is 0 Å². The summed E-state index contributed by atoms with van der Waals surface area (Å²) < 4.78 is 0. The van der Waals surface area contributed by atoms with E-state index in [1.54, 1.807) is 0 Å². The van der Waals surface area contributed by atoms with Crippen LogP contribution in [0.3, 0.4) is 0 Å². The zero-order valence-corrected chi connectivity index (χ0v) is 8.55. The third-order valence-electron chi connectivity index (χ3n) is 2.72. The lowest BCUT2D eigenvalue weighted by atomic mass is 9.98. The maximum absolute atomic E-state index is 11.4. The molecule has 1 aliphatic heterocycles. The topological polar surface area (TPSA) is 40.5 Å². The van der Waals surface area contributed by atoms with Crippen LogP contribution in [-0.2, 0) is 4.79 Å². The lowest BCUT2D eigenvalue weighted by Crippen LogP contribution is -2.32. The predicted octanol–water partition coefficient (Wildman–Crippen LogP) is 1.16. The van der Waals surface area contributed by atoms with Gasteiger partial charge in [-0.25, -0.2) is 0 Å². The minimum atomic E-state index is -0.567. The van der Waals surface area contributed by atoms with Gasteiger partial charge in [0.05, 0.1) is 5.60 Å². The molecule has 1 aliphatic rings. The summed E-state index contributed by atoms with van der Waals surface area (Å²) in [5, 5.41) is 9.79.